The Bertz CT molecular complexity index is 967. The molecule has 0 fully saturated rings. The number of aromatic amines is 1. The van der Waals surface area contributed by atoms with Gasteiger partial charge in [-0.05, 0) is 56.0 Å². The van der Waals surface area contributed by atoms with Crippen LogP contribution in [0.15, 0.2) is 45.7 Å². The summed E-state index contributed by atoms with van der Waals surface area (Å²) in [5.41, 5.74) is 3.82. The number of ketones is 1. The first kappa shape index (κ1) is 14.5. The van der Waals surface area contributed by atoms with E-state index in [1.807, 2.05) is 12.1 Å². The van der Waals surface area contributed by atoms with E-state index in [-0.39, 0.29) is 11.3 Å². The third-order valence-electron chi connectivity index (χ3n) is 4.42. The number of benzene rings is 1. The third kappa shape index (κ3) is 2.36. The Balaban J connectivity index is 1.92. The van der Waals surface area contributed by atoms with E-state index in [1.54, 1.807) is 22.6 Å². The second-order valence-electron chi connectivity index (χ2n) is 5.86. The maximum absolute atomic E-state index is 12.8. The van der Waals surface area contributed by atoms with Crippen LogP contribution in [0.2, 0.25) is 0 Å². The number of imidazole rings is 1. The maximum atomic E-state index is 12.8. The summed E-state index contributed by atoms with van der Waals surface area (Å²) in [6.07, 6.45) is 4.01. The first-order valence-corrected chi connectivity index (χ1v) is 8.50. The summed E-state index contributed by atoms with van der Waals surface area (Å²) in [6, 6.07) is 10.4. The highest BCUT2D eigenvalue weighted by atomic mass is 79.9. The van der Waals surface area contributed by atoms with Crippen LogP contribution in [-0.2, 0) is 12.8 Å². The van der Waals surface area contributed by atoms with Crippen molar-refractivity contribution in [2.24, 2.45) is 0 Å². The van der Waals surface area contributed by atoms with Gasteiger partial charge in [0.15, 0.2) is 5.78 Å². The number of carbonyl (C=O) groups excluding carboxylic acids is 1. The standard InChI is InChI=1S/C18H15BrN2O2/c19-12-7-5-11(6-8-12)17(23)13-9-10-16(22)21-15-4-2-1-3-14(15)20-18(13)21/h5-10,20H,1-4H2. The minimum Gasteiger partial charge on any atom is -0.343 e. The van der Waals surface area contributed by atoms with E-state index in [0.29, 0.717) is 16.8 Å². The average Bonchev–Trinajstić information content (AvgIpc) is 2.95. The van der Waals surface area contributed by atoms with E-state index in [4.69, 9.17) is 0 Å². The van der Waals surface area contributed by atoms with Crippen molar-refractivity contribution in [1.29, 1.82) is 0 Å². The number of pyridine rings is 1. The Morgan fingerprint density at radius 3 is 2.57 bits per heavy atom. The summed E-state index contributed by atoms with van der Waals surface area (Å²) < 4.78 is 2.61. The number of fused-ring (bicyclic) bond motifs is 3. The van der Waals surface area contributed by atoms with Crippen molar-refractivity contribution in [1.82, 2.24) is 9.38 Å². The quantitative estimate of drug-likeness (QED) is 0.701. The molecule has 0 bridgehead atoms. The number of carbonyl (C=O) groups is 1. The highest BCUT2D eigenvalue weighted by molar-refractivity contribution is 9.10. The fraction of sp³-hybridized carbons (Fsp3) is 0.222. The number of hydrogen-bond donors (Lipinski definition) is 1. The molecule has 116 valence electrons. The molecule has 0 saturated carbocycles. The molecule has 0 atom stereocenters. The van der Waals surface area contributed by atoms with E-state index in [2.05, 4.69) is 20.9 Å². The van der Waals surface area contributed by atoms with Crippen molar-refractivity contribution < 1.29 is 4.79 Å². The van der Waals surface area contributed by atoms with Crippen molar-refractivity contribution >= 4 is 27.4 Å². The number of nitrogens with zero attached hydrogens (tertiary/aromatic N) is 1. The van der Waals surface area contributed by atoms with Crippen LogP contribution in [0.5, 0.6) is 0 Å². The second kappa shape index (κ2) is 5.49. The Morgan fingerprint density at radius 1 is 1.04 bits per heavy atom. The minimum absolute atomic E-state index is 0.0754. The summed E-state index contributed by atoms with van der Waals surface area (Å²) in [6.45, 7) is 0. The summed E-state index contributed by atoms with van der Waals surface area (Å²) in [4.78, 5) is 28.5. The molecule has 2 heterocycles. The van der Waals surface area contributed by atoms with E-state index in [1.165, 1.54) is 6.07 Å². The Kier molecular flexibility index (Phi) is 3.45. The van der Waals surface area contributed by atoms with Crippen molar-refractivity contribution in [3.8, 4) is 0 Å². The van der Waals surface area contributed by atoms with Crippen LogP contribution in [-0.4, -0.2) is 15.2 Å². The lowest BCUT2D eigenvalue weighted by molar-refractivity contribution is 0.103. The molecule has 0 unspecified atom stereocenters. The van der Waals surface area contributed by atoms with Gasteiger partial charge in [-0.3, -0.25) is 14.0 Å². The van der Waals surface area contributed by atoms with Crippen LogP contribution in [0.25, 0.3) is 5.65 Å². The zero-order valence-electron chi connectivity index (χ0n) is 12.4. The Labute approximate surface area is 141 Å². The lowest BCUT2D eigenvalue weighted by Gasteiger charge is -2.10. The number of aromatic nitrogens is 2. The predicted octanol–water partition coefficient (Wildman–Crippen LogP) is 3.50. The first-order chi connectivity index (χ1) is 11.1. The molecular weight excluding hydrogens is 356 g/mol. The van der Waals surface area contributed by atoms with E-state index < -0.39 is 0 Å². The van der Waals surface area contributed by atoms with Gasteiger partial charge in [-0.2, -0.15) is 0 Å². The monoisotopic (exact) mass is 370 g/mol. The summed E-state index contributed by atoms with van der Waals surface area (Å²) >= 11 is 3.38. The second-order valence-corrected chi connectivity index (χ2v) is 6.78. The van der Waals surface area contributed by atoms with Gasteiger partial charge < -0.3 is 4.98 Å². The molecule has 2 aromatic heterocycles. The Hall–Kier alpha value is -2.14. The molecule has 4 rings (SSSR count). The molecule has 0 saturated heterocycles. The van der Waals surface area contributed by atoms with Crippen LogP contribution in [0.4, 0.5) is 0 Å². The summed E-state index contributed by atoms with van der Waals surface area (Å²) in [7, 11) is 0. The van der Waals surface area contributed by atoms with Crippen molar-refractivity contribution in [2.75, 3.05) is 0 Å². The molecule has 0 aliphatic heterocycles. The largest absolute Gasteiger partial charge is 0.343 e. The number of nitrogens with one attached hydrogen (secondary N) is 1. The smallest absolute Gasteiger partial charge is 0.256 e. The fourth-order valence-electron chi connectivity index (χ4n) is 3.28. The highest BCUT2D eigenvalue weighted by Gasteiger charge is 2.21. The van der Waals surface area contributed by atoms with Crippen molar-refractivity contribution in [3.63, 3.8) is 0 Å². The van der Waals surface area contributed by atoms with Gasteiger partial charge in [-0.15, -0.1) is 0 Å². The van der Waals surface area contributed by atoms with Crippen molar-refractivity contribution in [2.45, 2.75) is 25.7 Å². The highest BCUT2D eigenvalue weighted by Crippen LogP contribution is 2.24. The SMILES string of the molecule is O=C(c1ccc(Br)cc1)c1ccc(=O)n2c3c([nH]c12)CCCC3. The van der Waals surface area contributed by atoms with Gasteiger partial charge in [0.25, 0.3) is 5.56 Å². The number of hydrogen-bond acceptors (Lipinski definition) is 2. The molecule has 23 heavy (non-hydrogen) atoms. The van der Waals surface area contributed by atoms with Crippen molar-refractivity contribution in [3.05, 3.63) is 73.7 Å². The Morgan fingerprint density at radius 2 is 1.78 bits per heavy atom. The molecule has 1 aliphatic carbocycles. The molecule has 1 aromatic carbocycles. The van der Waals surface area contributed by atoms with Gasteiger partial charge in [-0.1, -0.05) is 15.9 Å². The number of rotatable bonds is 2. The molecule has 0 radical (unpaired) electrons. The van der Waals surface area contributed by atoms with Gasteiger partial charge in [0.05, 0.1) is 5.56 Å². The lowest BCUT2D eigenvalue weighted by atomic mass is 10.0. The molecular formula is C18H15BrN2O2. The van der Waals surface area contributed by atoms with Gasteiger partial charge in [0, 0.05) is 27.5 Å². The van der Waals surface area contributed by atoms with Crippen LogP contribution in [0.1, 0.15) is 40.2 Å². The molecule has 1 N–H and O–H groups in total. The van der Waals surface area contributed by atoms with Crippen LogP contribution >= 0.6 is 15.9 Å². The number of aryl methyl sites for hydroxylation is 2. The predicted molar refractivity (Wildman–Crippen MR) is 92.2 cm³/mol. The van der Waals surface area contributed by atoms with Crippen LogP contribution in [0.3, 0.4) is 0 Å². The number of halogens is 1. The topological polar surface area (TPSA) is 54.3 Å². The summed E-state index contributed by atoms with van der Waals surface area (Å²) in [5.74, 6) is -0.0754. The molecule has 3 aromatic rings. The molecule has 5 heteroatoms. The fourth-order valence-corrected chi connectivity index (χ4v) is 3.55. The van der Waals surface area contributed by atoms with Crippen LogP contribution in [0, 0.1) is 0 Å². The molecule has 4 nitrogen and oxygen atoms in total. The minimum atomic E-state index is -0.0771. The van der Waals surface area contributed by atoms with Gasteiger partial charge in [0.2, 0.25) is 0 Å². The lowest BCUT2D eigenvalue weighted by Crippen LogP contribution is -2.17. The van der Waals surface area contributed by atoms with Gasteiger partial charge in [-0.25, -0.2) is 0 Å². The van der Waals surface area contributed by atoms with E-state index in [0.717, 1.165) is 41.5 Å². The van der Waals surface area contributed by atoms with Gasteiger partial charge in [0.1, 0.15) is 5.65 Å². The van der Waals surface area contributed by atoms with E-state index >= 15 is 0 Å². The maximum Gasteiger partial charge on any atom is 0.256 e. The normalized spacial score (nSPS) is 14.0. The summed E-state index contributed by atoms with van der Waals surface area (Å²) in [5, 5.41) is 0. The molecule has 0 amide bonds. The molecule has 0 spiro atoms. The third-order valence-corrected chi connectivity index (χ3v) is 4.95. The van der Waals surface area contributed by atoms with Gasteiger partial charge >= 0.3 is 0 Å². The first-order valence-electron chi connectivity index (χ1n) is 7.71. The average molecular weight is 371 g/mol. The zero-order valence-corrected chi connectivity index (χ0v) is 14.0. The van der Waals surface area contributed by atoms with E-state index in [9.17, 15) is 9.59 Å². The zero-order chi connectivity index (χ0) is 16.0. The van der Waals surface area contributed by atoms with Crippen LogP contribution < -0.4 is 5.56 Å². The molecule has 1 aliphatic rings. The number of H-pyrrole nitrogens is 1.